The lowest BCUT2D eigenvalue weighted by Gasteiger charge is -2.29. The summed E-state index contributed by atoms with van der Waals surface area (Å²) in [4.78, 5) is 19.3. The highest BCUT2D eigenvalue weighted by Gasteiger charge is 2.28. The number of aryl methyl sites for hydroxylation is 2. The Morgan fingerprint density at radius 3 is 2.60 bits per heavy atom. The van der Waals surface area contributed by atoms with E-state index in [0.717, 1.165) is 37.1 Å². The maximum atomic E-state index is 12.8. The van der Waals surface area contributed by atoms with E-state index in [-0.39, 0.29) is 11.9 Å². The third kappa shape index (κ3) is 3.33. The van der Waals surface area contributed by atoms with Crippen LogP contribution >= 0.6 is 12.2 Å². The van der Waals surface area contributed by atoms with Crippen LogP contribution in [-0.4, -0.2) is 33.4 Å². The number of carbonyl (C=O) groups excluding carboxylic acids is 1. The summed E-state index contributed by atoms with van der Waals surface area (Å²) < 4.78 is 0. The van der Waals surface area contributed by atoms with Crippen LogP contribution in [0, 0.1) is 13.8 Å². The number of pyridine rings is 1. The van der Waals surface area contributed by atoms with Gasteiger partial charge in [-0.15, -0.1) is 0 Å². The molecule has 1 aliphatic carbocycles. The molecule has 0 aromatic carbocycles. The Morgan fingerprint density at radius 2 is 2.05 bits per heavy atom. The topological polar surface area (TPSA) is 59.2 Å². The van der Waals surface area contributed by atoms with Gasteiger partial charge in [0.15, 0.2) is 0 Å². The fourth-order valence-corrected chi connectivity index (χ4v) is 2.96. The first-order valence-corrected chi connectivity index (χ1v) is 7.43. The Kier molecular flexibility index (Phi) is 4.70. The summed E-state index contributed by atoms with van der Waals surface area (Å²) in [5, 5.41) is 0. The first kappa shape index (κ1) is 14.9. The van der Waals surface area contributed by atoms with Crippen LogP contribution in [0.3, 0.4) is 0 Å². The normalized spacial score (nSPS) is 15.3. The van der Waals surface area contributed by atoms with Gasteiger partial charge in [-0.05, 0) is 38.8 Å². The molecular formula is C15H21N3OS. The van der Waals surface area contributed by atoms with E-state index in [0.29, 0.717) is 17.1 Å². The Hall–Kier alpha value is -1.49. The van der Waals surface area contributed by atoms with Crippen LogP contribution in [0.4, 0.5) is 0 Å². The van der Waals surface area contributed by atoms with Crippen molar-refractivity contribution in [2.24, 2.45) is 5.73 Å². The standard InChI is InChI=1S/C15H21N3OS/c1-10-7-8-13(11(2)17-10)15(19)18(9-14(16)20)12-5-3-4-6-12/h7-8,12H,3-6,9H2,1-2H3,(H2,16,20). The number of rotatable bonds is 4. The highest BCUT2D eigenvalue weighted by molar-refractivity contribution is 7.80. The number of amides is 1. The second-order valence-electron chi connectivity index (χ2n) is 5.42. The van der Waals surface area contributed by atoms with Gasteiger partial charge >= 0.3 is 0 Å². The molecular weight excluding hydrogens is 270 g/mol. The van der Waals surface area contributed by atoms with Crippen molar-refractivity contribution in [1.29, 1.82) is 0 Å². The van der Waals surface area contributed by atoms with Gasteiger partial charge in [0.2, 0.25) is 0 Å². The number of thiocarbonyl (C=S) groups is 1. The highest BCUT2D eigenvalue weighted by Crippen LogP contribution is 2.25. The zero-order chi connectivity index (χ0) is 14.7. The molecule has 2 N–H and O–H groups in total. The summed E-state index contributed by atoms with van der Waals surface area (Å²) >= 11 is 5.00. The average Bonchev–Trinajstić information content (AvgIpc) is 2.88. The molecule has 1 fully saturated rings. The van der Waals surface area contributed by atoms with Crippen LogP contribution in [0.25, 0.3) is 0 Å². The number of nitrogens with zero attached hydrogens (tertiary/aromatic N) is 2. The SMILES string of the molecule is Cc1ccc(C(=O)N(CC(N)=S)C2CCCC2)c(C)n1. The molecule has 0 unspecified atom stereocenters. The zero-order valence-corrected chi connectivity index (χ0v) is 12.9. The lowest BCUT2D eigenvalue weighted by molar-refractivity contribution is 0.0713. The Morgan fingerprint density at radius 1 is 1.40 bits per heavy atom. The minimum absolute atomic E-state index is 0.00491. The maximum absolute atomic E-state index is 12.8. The number of hydrogen-bond donors (Lipinski definition) is 1. The van der Waals surface area contributed by atoms with Crippen molar-refractivity contribution in [2.45, 2.75) is 45.6 Å². The van der Waals surface area contributed by atoms with Crippen molar-refractivity contribution < 1.29 is 4.79 Å². The van der Waals surface area contributed by atoms with Crippen LogP contribution in [0.2, 0.25) is 0 Å². The molecule has 20 heavy (non-hydrogen) atoms. The average molecular weight is 291 g/mol. The van der Waals surface area contributed by atoms with Crippen molar-refractivity contribution in [3.63, 3.8) is 0 Å². The molecule has 108 valence electrons. The summed E-state index contributed by atoms with van der Waals surface area (Å²) in [6, 6.07) is 3.97. The largest absolute Gasteiger partial charge is 0.392 e. The molecule has 5 heteroatoms. The first-order valence-electron chi connectivity index (χ1n) is 7.02. The molecule has 1 saturated carbocycles. The smallest absolute Gasteiger partial charge is 0.256 e. The van der Waals surface area contributed by atoms with Crippen molar-refractivity contribution in [3.8, 4) is 0 Å². The molecule has 0 radical (unpaired) electrons. The van der Waals surface area contributed by atoms with Gasteiger partial charge in [-0.3, -0.25) is 9.78 Å². The fourth-order valence-electron chi connectivity index (χ4n) is 2.82. The minimum Gasteiger partial charge on any atom is -0.392 e. The number of nitrogens with two attached hydrogens (primary N) is 1. The Bertz CT molecular complexity index is 524. The quantitative estimate of drug-likeness (QED) is 0.865. The van der Waals surface area contributed by atoms with Crippen LogP contribution in [-0.2, 0) is 0 Å². The van der Waals surface area contributed by atoms with Gasteiger partial charge in [0.05, 0.1) is 22.8 Å². The highest BCUT2D eigenvalue weighted by atomic mass is 32.1. The van der Waals surface area contributed by atoms with Gasteiger partial charge in [-0.1, -0.05) is 25.1 Å². The van der Waals surface area contributed by atoms with Gasteiger partial charge < -0.3 is 10.6 Å². The lowest BCUT2D eigenvalue weighted by Crippen LogP contribution is -2.44. The van der Waals surface area contributed by atoms with Gasteiger partial charge in [0.25, 0.3) is 5.91 Å². The summed E-state index contributed by atoms with van der Waals surface area (Å²) in [5.41, 5.74) is 7.99. The zero-order valence-electron chi connectivity index (χ0n) is 12.1. The number of carbonyl (C=O) groups is 1. The molecule has 1 heterocycles. The second-order valence-corrected chi connectivity index (χ2v) is 5.95. The Labute approximate surface area is 125 Å². The van der Waals surface area contributed by atoms with E-state index in [9.17, 15) is 4.79 Å². The molecule has 4 nitrogen and oxygen atoms in total. The monoisotopic (exact) mass is 291 g/mol. The van der Waals surface area contributed by atoms with Crippen molar-refractivity contribution in [3.05, 3.63) is 29.1 Å². The van der Waals surface area contributed by atoms with Gasteiger partial charge in [-0.2, -0.15) is 0 Å². The van der Waals surface area contributed by atoms with Gasteiger partial charge in [-0.25, -0.2) is 0 Å². The summed E-state index contributed by atoms with van der Waals surface area (Å²) in [7, 11) is 0. The predicted octanol–water partition coefficient (Wildman–Crippen LogP) is 2.37. The fraction of sp³-hybridized carbons (Fsp3) is 0.533. The predicted molar refractivity (Wildman–Crippen MR) is 83.8 cm³/mol. The van der Waals surface area contributed by atoms with Crippen LogP contribution in [0.5, 0.6) is 0 Å². The van der Waals surface area contributed by atoms with Crippen molar-refractivity contribution in [2.75, 3.05) is 6.54 Å². The molecule has 1 aromatic heterocycles. The summed E-state index contributed by atoms with van der Waals surface area (Å²) in [6.07, 6.45) is 4.40. The number of aromatic nitrogens is 1. The molecule has 1 aromatic rings. The second kappa shape index (κ2) is 6.31. The van der Waals surface area contributed by atoms with Gasteiger partial charge in [0, 0.05) is 11.7 Å². The molecule has 0 atom stereocenters. The van der Waals surface area contributed by atoms with E-state index in [1.54, 1.807) is 0 Å². The maximum Gasteiger partial charge on any atom is 0.256 e. The molecule has 0 aliphatic heterocycles. The van der Waals surface area contributed by atoms with E-state index in [1.165, 1.54) is 0 Å². The molecule has 0 bridgehead atoms. The van der Waals surface area contributed by atoms with E-state index in [2.05, 4.69) is 4.98 Å². The van der Waals surface area contributed by atoms with E-state index < -0.39 is 0 Å². The molecule has 1 aliphatic rings. The lowest BCUT2D eigenvalue weighted by atomic mass is 10.1. The molecule has 0 saturated heterocycles. The summed E-state index contributed by atoms with van der Waals surface area (Å²) in [5.74, 6) is -0.00491. The van der Waals surface area contributed by atoms with Crippen LogP contribution < -0.4 is 5.73 Å². The van der Waals surface area contributed by atoms with Gasteiger partial charge in [0.1, 0.15) is 0 Å². The molecule has 1 amide bonds. The molecule has 2 rings (SSSR count). The first-order chi connectivity index (χ1) is 9.49. The number of hydrogen-bond acceptors (Lipinski definition) is 3. The van der Waals surface area contributed by atoms with Crippen molar-refractivity contribution in [1.82, 2.24) is 9.88 Å². The molecule has 0 spiro atoms. The van der Waals surface area contributed by atoms with Crippen LogP contribution in [0.1, 0.15) is 47.4 Å². The van der Waals surface area contributed by atoms with E-state index >= 15 is 0 Å². The third-order valence-electron chi connectivity index (χ3n) is 3.81. The van der Waals surface area contributed by atoms with E-state index in [4.69, 9.17) is 18.0 Å². The van der Waals surface area contributed by atoms with E-state index in [1.807, 2.05) is 30.9 Å². The minimum atomic E-state index is -0.00491. The third-order valence-corrected chi connectivity index (χ3v) is 3.94. The van der Waals surface area contributed by atoms with Crippen LogP contribution in [0.15, 0.2) is 12.1 Å². The summed E-state index contributed by atoms with van der Waals surface area (Å²) in [6.45, 7) is 4.14. The van der Waals surface area contributed by atoms with Crippen molar-refractivity contribution >= 4 is 23.1 Å². The Balaban J connectivity index is 2.27.